The van der Waals surface area contributed by atoms with Crippen LogP contribution in [0.4, 0.5) is 0 Å². The number of carbonyl (C=O) groups excluding carboxylic acids is 3. The van der Waals surface area contributed by atoms with Crippen LogP contribution in [0.5, 0.6) is 0 Å². The van der Waals surface area contributed by atoms with Crippen LogP contribution in [0.1, 0.15) is 42.1 Å². The second-order valence-electron chi connectivity index (χ2n) is 5.54. The van der Waals surface area contributed by atoms with Crippen molar-refractivity contribution in [3.63, 3.8) is 0 Å². The van der Waals surface area contributed by atoms with Gasteiger partial charge < -0.3 is 4.42 Å². The van der Waals surface area contributed by atoms with E-state index in [9.17, 15) is 14.4 Å². The maximum atomic E-state index is 12.1. The lowest BCUT2D eigenvalue weighted by atomic mass is 9.92. The van der Waals surface area contributed by atoms with E-state index >= 15 is 0 Å². The smallest absolute Gasteiger partial charge is 0.301 e. The van der Waals surface area contributed by atoms with Crippen molar-refractivity contribution in [1.29, 1.82) is 0 Å². The Bertz CT molecular complexity index is 588. The van der Waals surface area contributed by atoms with Crippen molar-refractivity contribution >= 4 is 17.7 Å². The molecule has 20 heavy (non-hydrogen) atoms. The normalized spacial score (nSPS) is 17.7. The summed E-state index contributed by atoms with van der Waals surface area (Å²) in [6.07, 6.45) is 0.182. The van der Waals surface area contributed by atoms with Crippen LogP contribution in [-0.4, -0.2) is 22.6 Å². The van der Waals surface area contributed by atoms with Crippen molar-refractivity contribution in [1.82, 2.24) is 10.3 Å². The highest BCUT2D eigenvalue weighted by molar-refractivity contribution is 6.05. The molecule has 1 aromatic rings. The quantitative estimate of drug-likeness (QED) is 0.362. The van der Waals surface area contributed by atoms with E-state index < -0.39 is 11.3 Å². The Morgan fingerprint density at radius 3 is 2.65 bits per heavy atom. The molecule has 0 saturated carbocycles. The summed E-state index contributed by atoms with van der Waals surface area (Å²) in [4.78, 5) is 36.5. The second-order valence-corrected chi connectivity index (χ2v) is 5.54. The topological polar surface area (TPSA) is 106 Å². The third-order valence-corrected chi connectivity index (χ3v) is 3.34. The predicted molar refractivity (Wildman–Crippen MR) is 69.1 cm³/mol. The van der Waals surface area contributed by atoms with E-state index in [-0.39, 0.29) is 30.5 Å². The van der Waals surface area contributed by atoms with Gasteiger partial charge in [0, 0.05) is 12.0 Å². The van der Waals surface area contributed by atoms with Gasteiger partial charge in [-0.15, -0.1) is 0 Å². The molecule has 1 aliphatic heterocycles. The Balaban J connectivity index is 2.21. The second kappa shape index (κ2) is 4.75. The minimum absolute atomic E-state index is 0.0276. The zero-order chi connectivity index (χ0) is 15.1. The Kier molecular flexibility index (Phi) is 3.39. The van der Waals surface area contributed by atoms with E-state index in [1.54, 1.807) is 26.8 Å². The van der Waals surface area contributed by atoms with E-state index in [1.165, 1.54) is 0 Å². The molecule has 7 heteroatoms. The van der Waals surface area contributed by atoms with Gasteiger partial charge in [0.1, 0.15) is 5.76 Å². The first-order valence-corrected chi connectivity index (χ1v) is 6.21. The van der Waals surface area contributed by atoms with Gasteiger partial charge >= 0.3 is 5.91 Å². The van der Waals surface area contributed by atoms with E-state index in [2.05, 4.69) is 0 Å². The molecule has 108 valence electrons. The van der Waals surface area contributed by atoms with Crippen molar-refractivity contribution in [2.24, 2.45) is 11.3 Å². The van der Waals surface area contributed by atoms with Crippen LogP contribution in [0.2, 0.25) is 0 Å². The van der Waals surface area contributed by atoms with Crippen LogP contribution in [0.3, 0.4) is 0 Å². The molecule has 2 rings (SSSR count). The van der Waals surface area contributed by atoms with Gasteiger partial charge in [-0.05, 0) is 13.0 Å². The molecule has 0 atom stereocenters. The number of carbonyl (C=O) groups is 3. The number of imide groups is 1. The van der Waals surface area contributed by atoms with Gasteiger partial charge in [-0.25, -0.2) is 5.84 Å². The summed E-state index contributed by atoms with van der Waals surface area (Å²) in [5.41, 5.74) is 1.89. The minimum atomic E-state index is -0.684. The third-order valence-electron chi connectivity index (χ3n) is 3.34. The Labute approximate surface area is 116 Å². The number of nitrogen functional groups attached to an aromatic ring is 1. The van der Waals surface area contributed by atoms with Gasteiger partial charge in [0.2, 0.25) is 11.8 Å². The minimum Gasteiger partial charge on any atom is -0.454 e. The average Bonchev–Trinajstić information content (AvgIpc) is 2.82. The van der Waals surface area contributed by atoms with Gasteiger partial charge in [-0.2, -0.15) is 0 Å². The van der Waals surface area contributed by atoms with E-state index in [0.717, 1.165) is 4.90 Å². The summed E-state index contributed by atoms with van der Waals surface area (Å²) in [5.74, 6) is 4.49. The molecule has 0 spiro atoms. The van der Waals surface area contributed by atoms with Gasteiger partial charge in [0.05, 0.1) is 12.0 Å². The number of hydrogen-bond acceptors (Lipinski definition) is 5. The molecule has 1 fully saturated rings. The summed E-state index contributed by atoms with van der Waals surface area (Å²) in [7, 11) is 0. The summed E-state index contributed by atoms with van der Waals surface area (Å²) < 4.78 is 5.36. The monoisotopic (exact) mass is 279 g/mol. The van der Waals surface area contributed by atoms with Crippen molar-refractivity contribution in [3.05, 3.63) is 23.2 Å². The van der Waals surface area contributed by atoms with Gasteiger partial charge in [-0.1, -0.05) is 13.8 Å². The predicted octanol–water partition coefficient (Wildman–Crippen LogP) is 0.477. The zero-order valence-corrected chi connectivity index (χ0v) is 11.6. The van der Waals surface area contributed by atoms with Crippen LogP contribution in [0, 0.1) is 12.3 Å². The highest BCUT2D eigenvalue weighted by Crippen LogP contribution is 2.33. The molecule has 0 radical (unpaired) electrons. The molecule has 7 nitrogen and oxygen atoms in total. The Hall–Kier alpha value is -2.15. The fourth-order valence-electron chi connectivity index (χ4n) is 2.26. The number of amides is 3. The number of rotatable bonds is 3. The molecule has 0 aromatic carbocycles. The molecule has 1 saturated heterocycles. The summed E-state index contributed by atoms with van der Waals surface area (Å²) in [6, 6.07) is 1.62. The lowest BCUT2D eigenvalue weighted by Gasteiger charge is -2.16. The van der Waals surface area contributed by atoms with Crippen LogP contribution in [-0.2, 0) is 16.1 Å². The number of likely N-dealkylation sites (tertiary alicyclic amines) is 1. The molecule has 3 N–H and O–H groups in total. The largest absolute Gasteiger partial charge is 0.454 e. The number of furan rings is 1. The first-order valence-electron chi connectivity index (χ1n) is 6.21. The number of nitrogens with zero attached hydrogens (tertiary/aromatic N) is 1. The zero-order valence-electron chi connectivity index (χ0n) is 11.6. The molecular weight excluding hydrogens is 262 g/mol. The average molecular weight is 279 g/mol. The first kappa shape index (κ1) is 14.3. The molecule has 1 aliphatic rings. The Morgan fingerprint density at radius 2 is 2.15 bits per heavy atom. The number of hydrogen-bond donors (Lipinski definition) is 2. The first-order chi connectivity index (χ1) is 9.26. The van der Waals surface area contributed by atoms with Crippen LogP contribution in [0.25, 0.3) is 0 Å². The maximum absolute atomic E-state index is 12.1. The summed E-state index contributed by atoms with van der Waals surface area (Å²) in [5, 5.41) is 0. The van der Waals surface area contributed by atoms with Crippen molar-refractivity contribution in [3.8, 4) is 0 Å². The molecule has 0 bridgehead atoms. The molecule has 0 unspecified atom stereocenters. The van der Waals surface area contributed by atoms with Crippen LogP contribution >= 0.6 is 0 Å². The lowest BCUT2D eigenvalue weighted by molar-refractivity contribution is -0.141. The van der Waals surface area contributed by atoms with Crippen molar-refractivity contribution in [2.75, 3.05) is 0 Å². The lowest BCUT2D eigenvalue weighted by Crippen LogP contribution is -2.32. The van der Waals surface area contributed by atoms with Crippen LogP contribution in [0.15, 0.2) is 10.5 Å². The fraction of sp³-hybridized carbons (Fsp3) is 0.462. The molecule has 1 aromatic heterocycles. The molecular formula is C13H17N3O4. The van der Waals surface area contributed by atoms with Crippen molar-refractivity contribution in [2.45, 2.75) is 33.7 Å². The maximum Gasteiger partial charge on any atom is 0.301 e. The molecule has 0 aliphatic carbocycles. The number of hydrazine groups is 1. The third kappa shape index (κ3) is 2.32. The summed E-state index contributed by atoms with van der Waals surface area (Å²) in [6.45, 7) is 5.18. The fourth-order valence-corrected chi connectivity index (χ4v) is 2.26. The van der Waals surface area contributed by atoms with Crippen LogP contribution < -0.4 is 11.3 Å². The van der Waals surface area contributed by atoms with E-state index in [4.69, 9.17) is 10.3 Å². The highest BCUT2D eigenvalue weighted by atomic mass is 16.4. The Morgan fingerprint density at radius 1 is 1.50 bits per heavy atom. The standard InChI is InChI=1S/C13H17N3O4/c1-7-4-8(20-10(7)11(18)15-14)6-16-9(17)5-13(2,3)12(16)19/h4H,5-6,14H2,1-3H3,(H,15,18). The van der Waals surface area contributed by atoms with Gasteiger partial charge in [0.15, 0.2) is 5.76 Å². The van der Waals surface area contributed by atoms with Crippen molar-refractivity contribution < 1.29 is 18.8 Å². The van der Waals surface area contributed by atoms with E-state index in [1.807, 2.05) is 5.43 Å². The summed E-state index contributed by atoms with van der Waals surface area (Å²) >= 11 is 0. The number of nitrogens with one attached hydrogen (secondary N) is 1. The molecule has 2 heterocycles. The van der Waals surface area contributed by atoms with E-state index in [0.29, 0.717) is 11.3 Å². The molecule has 3 amide bonds. The highest BCUT2D eigenvalue weighted by Gasteiger charge is 2.44. The number of nitrogens with two attached hydrogens (primary N) is 1. The SMILES string of the molecule is Cc1cc(CN2C(=O)CC(C)(C)C2=O)oc1C(=O)NN. The van der Waals surface area contributed by atoms with Gasteiger partial charge in [-0.3, -0.25) is 24.7 Å². The number of aryl methyl sites for hydroxylation is 1. The van der Waals surface area contributed by atoms with Gasteiger partial charge in [0.25, 0.3) is 0 Å².